The number of benzene rings is 1. The molecule has 0 unspecified atom stereocenters. The van der Waals surface area contributed by atoms with Crippen molar-refractivity contribution in [2.45, 2.75) is 33.1 Å². The number of thiocarbonyl (C=S) groups is 1. The van der Waals surface area contributed by atoms with E-state index in [1.807, 2.05) is 6.92 Å². The standard InChI is InChI=1S/C14H20FN3S/c1-3-5-10-16-14(19)18-17-13(4-2)11-6-8-12(15)9-7-11/h6-9H,3-5,10H2,1-2H3,(H2,16,18,19)/b17-13-. The van der Waals surface area contributed by atoms with E-state index in [0.29, 0.717) is 5.11 Å². The van der Waals surface area contributed by atoms with E-state index in [4.69, 9.17) is 12.2 Å². The van der Waals surface area contributed by atoms with E-state index >= 15 is 0 Å². The number of hydrogen-bond acceptors (Lipinski definition) is 2. The van der Waals surface area contributed by atoms with Crippen LogP contribution < -0.4 is 10.7 Å². The third kappa shape index (κ3) is 5.79. The molecule has 0 aliphatic carbocycles. The van der Waals surface area contributed by atoms with E-state index < -0.39 is 0 Å². The lowest BCUT2D eigenvalue weighted by Gasteiger charge is -2.08. The predicted octanol–water partition coefficient (Wildman–Crippen LogP) is 3.20. The fourth-order valence-corrected chi connectivity index (χ4v) is 1.67. The number of rotatable bonds is 6. The zero-order valence-corrected chi connectivity index (χ0v) is 12.2. The van der Waals surface area contributed by atoms with Gasteiger partial charge in [-0.05, 0) is 42.8 Å². The summed E-state index contributed by atoms with van der Waals surface area (Å²) in [5, 5.41) is 7.85. The van der Waals surface area contributed by atoms with Crippen LogP contribution in [0.25, 0.3) is 0 Å². The SMILES string of the molecule is CCCCNC(=S)N/N=C(/CC)c1ccc(F)cc1. The highest BCUT2D eigenvalue weighted by Gasteiger charge is 2.02. The first-order valence-corrected chi connectivity index (χ1v) is 6.94. The number of unbranched alkanes of at least 4 members (excludes halogenated alkanes) is 1. The molecule has 0 heterocycles. The maximum atomic E-state index is 12.9. The van der Waals surface area contributed by atoms with Gasteiger partial charge in [-0.15, -0.1) is 0 Å². The van der Waals surface area contributed by atoms with Crippen molar-refractivity contribution in [3.63, 3.8) is 0 Å². The Balaban J connectivity index is 2.57. The van der Waals surface area contributed by atoms with Crippen LogP contribution in [-0.4, -0.2) is 17.4 Å². The smallest absolute Gasteiger partial charge is 0.186 e. The van der Waals surface area contributed by atoms with Gasteiger partial charge >= 0.3 is 0 Å². The average molecular weight is 281 g/mol. The van der Waals surface area contributed by atoms with Gasteiger partial charge in [0.15, 0.2) is 5.11 Å². The summed E-state index contributed by atoms with van der Waals surface area (Å²) in [6.45, 7) is 4.97. The van der Waals surface area contributed by atoms with Gasteiger partial charge in [0.25, 0.3) is 0 Å². The quantitative estimate of drug-likeness (QED) is 0.364. The molecule has 0 atom stereocenters. The first kappa shape index (κ1) is 15.6. The molecular formula is C14H20FN3S. The summed E-state index contributed by atoms with van der Waals surface area (Å²) < 4.78 is 12.9. The van der Waals surface area contributed by atoms with Crippen molar-refractivity contribution in [2.24, 2.45) is 5.10 Å². The van der Waals surface area contributed by atoms with Crippen LogP contribution in [-0.2, 0) is 0 Å². The van der Waals surface area contributed by atoms with E-state index in [-0.39, 0.29) is 5.82 Å². The van der Waals surface area contributed by atoms with Gasteiger partial charge in [0, 0.05) is 6.54 Å². The normalized spacial score (nSPS) is 11.2. The Kier molecular flexibility index (Phi) is 7.03. The molecule has 2 N–H and O–H groups in total. The van der Waals surface area contributed by atoms with Crippen LogP contribution in [0.4, 0.5) is 4.39 Å². The molecule has 0 saturated heterocycles. The van der Waals surface area contributed by atoms with Crippen molar-refractivity contribution in [3.8, 4) is 0 Å². The third-order valence-corrected chi connectivity index (χ3v) is 2.86. The molecule has 0 amide bonds. The molecule has 0 fully saturated rings. The van der Waals surface area contributed by atoms with E-state index in [9.17, 15) is 4.39 Å². The van der Waals surface area contributed by atoms with Crippen molar-refractivity contribution in [3.05, 3.63) is 35.6 Å². The highest BCUT2D eigenvalue weighted by molar-refractivity contribution is 7.80. The molecule has 19 heavy (non-hydrogen) atoms. The topological polar surface area (TPSA) is 36.4 Å². The molecular weight excluding hydrogens is 261 g/mol. The van der Waals surface area contributed by atoms with Gasteiger partial charge in [-0.1, -0.05) is 32.4 Å². The molecule has 0 aromatic heterocycles. The molecule has 1 aromatic rings. The zero-order chi connectivity index (χ0) is 14.1. The lowest BCUT2D eigenvalue weighted by molar-refractivity contribution is 0.627. The summed E-state index contributed by atoms with van der Waals surface area (Å²) in [5.74, 6) is -0.246. The van der Waals surface area contributed by atoms with Crippen molar-refractivity contribution < 1.29 is 4.39 Å². The number of hydrazone groups is 1. The maximum Gasteiger partial charge on any atom is 0.186 e. The van der Waals surface area contributed by atoms with Crippen molar-refractivity contribution >= 4 is 23.0 Å². The largest absolute Gasteiger partial charge is 0.361 e. The van der Waals surface area contributed by atoms with Crippen LogP contribution in [0, 0.1) is 5.82 Å². The second kappa shape index (κ2) is 8.58. The van der Waals surface area contributed by atoms with Crippen molar-refractivity contribution in [2.75, 3.05) is 6.54 Å². The Morgan fingerprint density at radius 1 is 1.26 bits per heavy atom. The summed E-state index contributed by atoms with van der Waals surface area (Å²) in [4.78, 5) is 0. The Morgan fingerprint density at radius 2 is 1.95 bits per heavy atom. The van der Waals surface area contributed by atoms with Crippen molar-refractivity contribution in [1.29, 1.82) is 0 Å². The van der Waals surface area contributed by atoms with Gasteiger partial charge in [0.2, 0.25) is 0 Å². The van der Waals surface area contributed by atoms with Gasteiger partial charge in [0.1, 0.15) is 5.82 Å². The van der Waals surface area contributed by atoms with Crippen LogP contribution >= 0.6 is 12.2 Å². The van der Waals surface area contributed by atoms with Crippen LogP contribution in [0.1, 0.15) is 38.7 Å². The Morgan fingerprint density at radius 3 is 2.53 bits per heavy atom. The van der Waals surface area contributed by atoms with Crippen LogP contribution in [0.15, 0.2) is 29.4 Å². The van der Waals surface area contributed by atoms with Crippen LogP contribution in [0.5, 0.6) is 0 Å². The van der Waals surface area contributed by atoms with Gasteiger partial charge in [-0.2, -0.15) is 5.10 Å². The summed E-state index contributed by atoms with van der Waals surface area (Å²) in [6.07, 6.45) is 2.94. The second-order valence-electron chi connectivity index (χ2n) is 4.14. The summed E-state index contributed by atoms with van der Waals surface area (Å²) in [7, 11) is 0. The summed E-state index contributed by atoms with van der Waals surface area (Å²) in [6, 6.07) is 6.29. The minimum absolute atomic E-state index is 0.246. The average Bonchev–Trinajstić information content (AvgIpc) is 2.41. The first-order chi connectivity index (χ1) is 9.17. The molecule has 3 nitrogen and oxygen atoms in total. The lowest BCUT2D eigenvalue weighted by atomic mass is 10.1. The minimum atomic E-state index is -0.246. The molecule has 0 bridgehead atoms. The molecule has 1 rings (SSSR count). The number of hydrogen-bond donors (Lipinski definition) is 2. The number of halogens is 1. The molecule has 1 aromatic carbocycles. The van der Waals surface area contributed by atoms with Crippen LogP contribution in [0.2, 0.25) is 0 Å². The molecule has 0 aliphatic heterocycles. The predicted molar refractivity (Wildman–Crippen MR) is 81.9 cm³/mol. The van der Waals surface area contributed by atoms with E-state index in [1.54, 1.807) is 12.1 Å². The van der Waals surface area contributed by atoms with Crippen molar-refractivity contribution in [1.82, 2.24) is 10.7 Å². The maximum absolute atomic E-state index is 12.9. The fourth-order valence-electron chi connectivity index (χ4n) is 1.53. The summed E-state index contributed by atoms with van der Waals surface area (Å²) in [5.41, 5.74) is 4.56. The lowest BCUT2D eigenvalue weighted by Crippen LogP contribution is -2.33. The van der Waals surface area contributed by atoms with E-state index in [1.165, 1.54) is 12.1 Å². The third-order valence-electron chi connectivity index (χ3n) is 2.62. The number of nitrogens with zero attached hydrogens (tertiary/aromatic N) is 1. The molecule has 0 radical (unpaired) electrons. The molecule has 104 valence electrons. The summed E-state index contributed by atoms with van der Waals surface area (Å²) >= 11 is 5.12. The highest BCUT2D eigenvalue weighted by atomic mass is 32.1. The molecule has 0 saturated carbocycles. The van der Waals surface area contributed by atoms with Gasteiger partial charge in [0.05, 0.1) is 5.71 Å². The fraction of sp³-hybridized carbons (Fsp3) is 0.429. The monoisotopic (exact) mass is 281 g/mol. The van der Waals surface area contributed by atoms with Gasteiger partial charge in [-0.3, -0.25) is 5.43 Å². The second-order valence-corrected chi connectivity index (χ2v) is 4.55. The molecule has 0 spiro atoms. The Hall–Kier alpha value is -1.49. The Bertz CT molecular complexity index is 429. The first-order valence-electron chi connectivity index (χ1n) is 6.53. The van der Waals surface area contributed by atoms with E-state index in [2.05, 4.69) is 22.8 Å². The minimum Gasteiger partial charge on any atom is -0.361 e. The molecule has 0 aliphatic rings. The van der Waals surface area contributed by atoms with Gasteiger partial charge in [-0.25, -0.2) is 4.39 Å². The van der Waals surface area contributed by atoms with Gasteiger partial charge < -0.3 is 5.32 Å². The Labute approximate surface area is 119 Å². The van der Waals surface area contributed by atoms with Crippen LogP contribution in [0.3, 0.4) is 0 Å². The molecule has 5 heteroatoms. The zero-order valence-electron chi connectivity index (χ0n) is 11.4. The van der Waals surface area contributed by atoms with E-state index in [0.717, 1.165) is 37.1 Å². The number of nitrogens with one attached hydrogen (secondary N) is 2. The highest BCUT2D eigenvalue weighted by Crippen LogP contribution is 2.06.